The highest BCUT2D eigenvalue weighted by molar-refractivity contribution is 9.11. The molecule has 1 aromatic rings. The number of fused-ring (bicyclic) bond motifs is 1. The molecule has 2 rings (SSSR count). The number of esters is 1. The lowest BCUT2D eigenvalue weighted by atomic mass is 10.1. The SMILES string of the molecule is C/C=C(\C)C1Nc2c(Br)cc(Br)cc2C(=O)O1. The van der Waals surface area contributed by atoms with Crippen LogP contribution in [-0.4, -0.2) is 12.2 Å². The van der Waals surface area contributed by atoms with Gasteiger partial charge in [0.25, 0.3) is 0 Å². The van der Waals surface area contributed by atoms with Crippen molar-refractivity contribution in [3.63, 3.8) is 0 Å². The largest absolute Gasteiger partial charge is 0.434 e. The maximum Gasteiger partial charge on any atom is 0.342 e. The second-order valence-electron chi connectivity index (χ2n) is 3.77. The summed E-state index contributed by atoms with van der Waals surface area (Å²) in [5, 5.41) is 3.19. The first-order valence-corrected chi connectivity index (χ1v) is 6.71. The van der Waals surface area contributed by atoms with Gasteiger partial charge in [0.2, 0.25) is 0 Å². The van der Waals surface area contributed by atoms with Crippen molar-refractivity contribution in [3.05, 3.63) is 38.3 Å². The van der Waals surface area contributed by atoms with E-state index in [1.165, 1.54) is 0 Å². The molecule has 1 aliphatic heterocycles. The second kappa shape index (κ2) is 4.82. The molecule has 90 valence electrons. The van der Waals surface area contributed by atoms with Crippen LogP contribution in [-0.2, 0) is 4.74 Å². The Morgan fingerprint density at radius 2 is 2.18 bits per heavy atom. The number of anilines is 1. The topological polar surface area (TPSA) is 38.3 Å². The van der Waals surface area contributed by atoms with Crippen LogP contribution in [0.1, 0.15) is 24.2 Å². The Hall–Kier alpha value is -0.810. The summed E-state index contributed by atoms with van der Waals surface area (Å²) in [4.78, 5) is 11.9. The molecule has 3 nitrogen and oxygen atoms in total. The summed E-state index contributed by atoms with van der Waals surface area (Å²) in [5.74, 6) is -0.313. The van der Waals surface area contributed by atoms with Crippen molar-refractivity contribution in [1.29, 1.82) is 0 Å². The standard InChI is InChI=1S/C12H11Br2NO2/c1-3-6(2)11-15-10-8(12(16)17-11)4-7(13)5-9(10)14/h3-5,11,15H,1-2H3/b6-3+. The first-order chi connectivity index (χ1) is 8.02. The molecule has 17 heavy (non-hydrogen) atoms. The lowest BCUT2D eigenvalue weighted by Gasteiger charge is -2.28. The summed E-state index contributed by atoms with van der Waals surface area (Å²) < 4.78 is 6.99. The summed E-state index contributed by atoms with van der Waals surface area (Å²) in [5.41, 5.74) is 2.28. The van der Waals surface area contributed by atoms with Gasteiger partial charge in [0, 0.05) is 8.95 Å². The highest BCUT2D eigenvalue weighted by Gasteiger charge is 2.28. The predicted molar refractivity (Wildman–Crippen MR) is 74.1 cm³/mol. The predicted octanol–water partition coefficient (Wildman–Crippen LogP) is 4.09. The molecule has 0 fully saturated rings. The van der Waals surface area contributed by atoms with Crippen LogP contribution in [0.5, 0.6) is 0 Å². The fourth-order valence-electron chi connectivity index (χ4n) is 1.57. The van der Waals surface area contributed by atoms with E-state index in [1.54, 1.807) is 6.07 Å². The molecule has 0 aliphatic carbocycles. The number of halogens is 2. The average Bonchev–Trinajstić information content (AvgIpc) is 2.29. The number of allylic oxidation sites excluding steroid dienone is 1. The van der Waals surface area contributed by atoms with Gasteiger partial charge < -0.3 is 10.1 Å². The van der Waals surface area contributed by atoms with E-state index < -0.39 is 6.23 Å². The van der Waals surface area contributed by atoms with Gasteiger partial charge in [-0.05, 0) is 47.5 Å². The fourth-order valence-corrected chi connectivity index (χ4v) is 2.91. The van der Waals surface area contributed by atoms with Gasteiger partial charge in [-0.25, -0.2) is 4.79 Å². The molecule has 1 unspecified atom stereocenters. The Bertz CT molecular complexity index is 511. The number of hydrogen-bond donors (Lipinski definition) is 1. The van der Waals surface area contributed by atoms with Gasteiger partial charge in [-0.15, -0.1) is 0 Å². The van der Waals surface area contributed by atoms with Crippen molar-refractivity contribution in [2.75, 3.05) is 5.32 Å². The first kappa shape index (κ1) is 12.6. The summed E-state index contributed by atoms with van der Waals surface area (Å²) >= 11 is 6.79. The van der Waals surface area contributed by atoms with Crippen molar-refractivity contribution in [3.8, 4) is 0 Å². The monoisotopic (exact) mass is 359 g/mol. The number of cyclic esters (lactones) is 1. The smallest absolute Gasteiger partial charge is 0.342 e. The number of rotatable bonds is 1. The zero-order valence-corrected chi connectivity index (χ0v) is 12.6. The van der Waals surface area contributed by atoms with E-state index in [9.17, 15) is 4.79 Å². The number of carbonyl (C=O) groups is 1. The lowest BCUT2D eigenvalue weighted by molar-refractivity contribution is 0.0397. The van der Waals surface area contributed by atoms with E-state index in [4.69, 9.17) is 4.74 Å². The van der Waals surface area contributed by atoms with E-state index in [1.807, 2.05) is 26.0 Å². The lowest BCUT2D eigenvalue weighted by Crippen LogP contribution is -2.33. The molecule has 1 N–H and O–H groups in total. The molecule has 0 spiro atoms. The van der Waals surface area contributed by atoms with Crippen molar-refractivity contribution < 1.29 is 9.53 Å². The molecular weight excluding hydrogens is 350 g/mol. The van der Waals surface area contributed by atoms with Gasteiger partial charge in [0.15, 0.2) is 6.23 Å². The van der Waals surface area contributed by atoms with Crippen LogP contribution >= 0.6 is 31.9 Å². The van der Waals surface area contributed by atoms with Crippen LogP contribution in [0.3, 0.4) is 0 Å². The van der Waals surface area contributed by atoms with Gasteiger partial charge in [0.05, 0.1) is 11.3 Å². The maximum absolute atomic E-state index is 11.9. The third-order valence-electron chi connectivity index (χ3n) is 2.64. The van der Waals surface area contributed by atoms with Gasteiger partial charge in [-0.3, -0.25) is 0 Å². The Morgan fingerprint density at radius 1 is 1.47 bits per heavy atom. The Kier molecular flexibility index (Phi) is 3.58. The summed E-state index contributed by atoms with van der Waals surface area (Å²) in [6.07, 6.45) is 1.53. The van der Waals surface area contributed by atoms with E-state index in [-0.39, 0.29) is 5.97 Å². The average molecular weight is 361 g/mol. The zero-order chi connectivity index (χ0) is 12.6. The molecule has 1 heterocycles. The Balaban J connectivity index is 2.47. The number of hydrogen-bond acceptors (Lipinski definition) is 3. The normalized spacial score (nSPS) is 19.4. The van der Waals surface area contributed by atoms with Gasteiger partial charge >= 0.3 is 5.97 Å². The van der Waals surface area contributed by atoms with E-state index in [0.717, 1.165) is 20.2 Å². The van der Waals surface area contributed by atoms with Crippen LogP contribution in [0, 0.1) is 0 Å². The molecule has 0 aromatic heterocycles. The van der Waals surface area contributed by atoms with Crippen LogP contribution in [0.2, 0.25) is 0 Å². The maximum atomic E-state index is 11.9. The molecule has 1 atom stereocenters. The quantitative estimate of drug-likeness (QED) is 0.605. The van der Waals surface area contributed by atoms with Crippen LogP contribution < -0.4 is 5.32 Å². The van der Waals surface area contributed by atoms with Crippen molar-refractivity contribution in [2.45, 2.75) is 20.1 Å². The molecular formula is C12H11Br2NO2. The number of benzene rings is 1. The van der Waals surface area contributed by atoms with Crippen molar-refractivity contribution >= 4 is 43.5 Å². The number of carbonyl (C=O) groups excluding carboxylic acids is 1. The minimum atomic E-state index is -0.391. The fraction of sp³-hybridized carbons (Fsp3) is 0.250. The molecule has 5 heteroatoms. The second-order valence-corrected chi connectivity index (χ2v) is 5.54. The van der Waals surface area contributed by atoms with Crippen LogP contribution in [0.4, 0.5) is 5.69 Å². The number of nitrogens with one attached hydrogen (secondary N) is 1. The molecule has 0 amide bonds. The van der Waals surface area contributed by atoms with Crippen LogP contribution in [0.15, 0.2) is 32.7 Å². The highest BCUT2D eigenvalue weighted by atomic mass is 79.9. The zero-order valence-electron chi connectivity index (χ0n) is 9.38. The summed E-state index contributed by atoms with van der Waals surface area (Å²) in [7, 11) is 0. The molecule has 0 bridgehead atoms. The third kappa shape index (κ3) is 2.40. The first-order valence-electron chi connectivity index (χ1n) is 5.12. The number of ether oxygens (including phenoxy) is 1. The molecule has 1 aromatic carbocycles. The Labute approximate surface area is 116 Å². The van der Waals surface area contributed by atoms with Crippen molar-refractivity contribution in [2.24, 2.45) is 0 Å². The molecule has 0 radical (unpaired) electrons. The third-order valence-corrected chi connectivity index (χ3v) is 3.73. The van der Waals surface area contributed by atoms with Crippen molar-refractivity contribution in [1.82, 2.24) is 0 Å². The minimum absolute atomic E-state index is 0.313. The highest BCUT2D eigenvalue weighted by Crippen LogP contribution is 2.35. The van der Waals surface area contributed by atoms with E-state index in [0.29, 0.717) is 5.56 Å². The summed E-state index contributed by atoms with van der Waals surface area (Å²) in [6.45, 7) is 3.83. The summed E-state index contributed by atoms with van der Waals surface area (Å²) in [6, 6.07) is 3.64. The minimum Gasteiger partial charge on any atom is -0.434 e. The van der Waals surface area contributed by atoms with E-state index >= 15 is 0 Å². The van der Waals surface area contributed by atoms with Gasteiger partial charge in [-0.2, -0.15) is 0 Å². The van der Waals surface area contributed by atoms with Crippen LogP contribution in [0.25, 0.3) is 0 Å². The Morgan fingerprint density at radius 3 is 2.82 bits per heavy atom. The molecule has 0 saturated heterocycles. The molecule has 0 saturated carbocycles. The molecule has 1 aliphatic rings. The van der Waals surface area contributed by atoms with Gasteiger partial charge in [0.1, 0.15) is 0 Å². The van der Waals surface area contributed by atoms with Gasteiger partial charge in [-0.1, -0.05) is 22.0 Å². The van der Waals surface area contributed by atoms with E-state index in [2.05, 4.69) is 37.2 Å².